The zero-order valence-corrected chi connectivity index (χ0v) is 16.1. The molecule has 1 aromatic heterocycles. The molecule has 144 valence electrons. The van der Waals surface area contributed by atoms with Crippen molar-refractivity contribution < 1.29 is 17.9 Å². The molecule has 2 heterocycles. The lowest BCUT2D eigenvalue weighted by molar-refractivity contribution is -0.119. The number of nitrogens with zero attached hydrogens (tertiary/aromatic N) is 2. The van der Waals surface area contributed by atoms with E-state index < -0.39 is 15.9 Å². The van der Waals surface area contributed by atoms with E-state index in [-0.39, 0.29) is 35.1 Å². The molecule has 0 N–H and O–H groups in total. The van der Waals surface area contributed by atoms with Crippen LogP contribution in [0.25, 0.3) is 0 Å². The highest BCUT2D eigenvalue weighted by Gasteiger charge is 2.35. The molecule has 7 nitrogen and oxygen atoms in total. The van der Waals surface area contributed by atoms with Crippen LogP contribution in [-0.4, -0.2) is 43.5 Å². The maximum absolute atomic E-state index is 13.1. The number of ether oxygens (including phenoxy) is 1. The fourth-order valence-corrected chi connectivity index (χ4v) is 5.12. The topological polar surface area (TPSA) is 85.7 Å². The summed E-state index contributed by atoms with van der Waals surface area (Å²) in [6, 6.07) is 10.0. The van der Waals surface area contributed by atoms with Gasteiger partial charge in [-0.3, -0.25) is 9.59 Å². The van der Waals surface area contributed by atoms with Gasteiger partial charge in [0.05, 0.1) is 30.4 Å². The van der Waals surface area contributed by atoms with Crippen molar-refractivity contribution in [3.63, 3.8) is 0 Å². The summed E-state index contributed by atoms with van der Waals surface area (Å²) in [4.78, 5) is 26.5. The lowest BCUT2D eigenvalue weighted by Gasteiger charge is -2.29. The molecule has 0 radical (unpaired) electrons. The summed E-state index contributed by atoms with van der Waals surface area (Å²) in [5, 5.41) is 0. The van der Waals surface area contributed by atoms with Gasteiger partial charge in [0.2, 0.25) is 11.3 Å². The highest BCUT2D eigenvalue weighted by molar-refractivity contribution is 7.91. The molecule has 1 aromatic carbocycles. The Balaban J connectivity index is 1.94. The minimum atomic E-state index is -3.14. The number of aromatic nitrogens is 1. The number of amides is 1. The van der Waals surface area contributed by atoms with E-state index in [0.717, 1.165) is 0 Å². The first kappa shape index (κ1) is 19.2. The molecule has 0 saturated carbocycles. The third kappa shape index (κ3) is 4.05. The molecule has 1 atom stereocenters. The van der Waals surface area contributed by atoms with E-state index in [2.05, 4.69) is 0 Å². The van der Waals surface area contributed by atoms with Gasteiger partial charge in [-0.1, -0.05) is 18.2 Å². The minimum Gasteiger partial charge on any atom is -0.491 e. The van der Waals surface area contributed by atoms with Crippen LogP contribution >= 0.6 is 0 Å². The number of sulfone groups is 1. The Labute approximate surface area is 158 Å². The molecule has 2 aromatic rings. The average molecular weight is 390 g/mol. The van der Waals surface area contributed by atoms with Crippen molar-refractivity contribution in [2.45, 2.75) is 25.9 Å². The number of para-hydroxylation sites is 1. The van der Waals surface area contributed by atoms with Crippen molar-refractivity contribution in [2.75, 3.05) is 23.5 Å². The van der Waals surface area contributed by atoms with E-state index in [4.69, 9.17) is 4.74 Å². The summed E-state index contributed by atoms with van der Waals surface area (Å²) < 4.78 is 30.7. The third-order valence-corrected chi connectivity index (χ3v) is 6.53. The van der Waals surface area contributed by atoms with Gasteiger partial charge in [0, 0.05) is 18.0 Å². The first-order valence-electron chi connectivity index (χ1n) is 8.64. The number of rotatable bonds is 5. The molecule has 8 heteroatoms. The highest BCUT2D eigenvalue weighted by Crippen LogP contribution is 2.25. The Bertz CT molecular complexity index is 999. The Morgan fingerprint density at radius 1 is 1.26 bits per heavy atom. The van der Waals surface area contributed by atoms with Crippen LogP contribution < -0.4 is 15.1 Å². The van der Waals surface area contributed by atoms with E-state index in [1.165, 1.54) is 13.2 Å². The number of methoxy groups -OCH3 is 1. The lowest BCUT2D eigenvalue weighted by Crippen LogP contribution is -2.43. The first-order valence-corrected chi connectivity index (χ1v) is 10.5. The SMILES string of the molecule is COc1c(C)n(CC(=O)N(c2ccccc2)C2CCS(=O)(=O)C2)ccc1=O. The molecular weight excluding hydrogens is 368 g/mol. The maximum Gasteiger partial charge on any atom is 0.247 e. The zero-order valence-electron chi connectivity index (χ0n) is 15.3. The van der Waals surface area contributed by atoms with Crippen LogP contribution in [0, 0.1) is 6.92 Å². The second-order valence-electron chi connectivity index (χ2n) is 6.58. The summed E-state index contributed by atoms with van der Waals surface area (Å²) in [6.45, 7) is 1.69. The minimum absolute atomic E-state index is 0.0199. The molecule has 1 unspecified atom stereocenters. The Morgan fingerprint density at radius 3 is 2.56 bits per heavy atom. The Hall–Kier alpha value is -2.61. The normalized spacial score (nSPS) is 18.2. The van der Waals surface area contributed by atoms with Gasteiger partial charge in [-0.05, 0) is 25.5 Å². The number of benzene rings is 1. The fraction of sp³-hybridized carbons (Fsp3) is 0.368. The van der Waals surface area contributed by atoms with Gasteiger partial charge in [-0.2, -0.15) is 0 Å². The quantitative estimate of drug-likeness (QED) is 0.770. The van der Waals surface area contributed by atoms with Gasteiger partial charge in [0.1, 0.15) is 6.54 Å². The van der Waals surface area contributed by atoms with Crippen molar-refractivity contribution in [1.29, 1.82) is 0 Å². The van der Waals surface area contributed by atoms with E-state index in [1.54, 1.807) is 34.7 Å². The highest BCUT2D eigenvalue weighted by atomic mass is 32.2. The van der Waals surface area contributed by atoms with Crippen LogP contribution in [0.1, 0.15) is 12.1 Å². The first-order chi connectivity index (χ1) is 12.8. The number of carbonyl (C=O) groups is 1. The number of hydrogen-bond acceptors (Lipinski definition) is 5. The second-order valence-corrected chi connectivity index (χ2v) is 8.81. The Kier molecular flexibility index (Phi) is 5.36. The van der Waals surface area contributed by atoms with Gasteiger partial charge in [-0.25, -0.2) is 8.42 Å². The van der Waals surface area contributed by atoms with Crippen molar-refractivity contribution in [1.82, 2.24) is 4.57 Å². The van der Waals surface area contributed by atoms with Gasteiger partial charge >= 0.3 is 0 Å². The summed E-state index contributed by atoms with van der Waals surface area (Å²) in [6.07, 6.45) is 1.96. The predicted molar refractivity (Wildman–Crippen MR) is 103 cm³/mol. The van der Waals surface area contributed by atoms with Crippen molar-refractivity contribution in [3.05, 3.63) is 58.5 Å². The molecular formula is C19H22N2O5S. The maximum atomic E-state index is 13.1. The van der Waals surface area contributed by atoms with Crippen LogP contribution in [0.5, 0.6) is 5.75 Å². The summed E-state index contributed by atoms with van der Waals surface area (Å²) in [5.41, 5.74) is 0.959. The van der Waals surface area contributed by atoms with Crippen LogP contribution in [-0.2, 0) is 21.2 Å². The summed E-state index contributed by atoms with van der Waals surface area (Å²) in [7, 11) is -1.73. The fourth-order valence-electron chi connectivity index (χ4n) is 3.42. The summed E-state index contributed by atoms with van der Waals surface area (Å²) >= 11 is 0. The largest absolute Gasteiger partial charge is 0.491 e. The van der Waals surface area contributed by atoms with E-state index in [9.17, 15) is 18.0 Å². The van der Waals surface area contributed by atoms with Crippen LogP contribution in [0.15, 0.2) is 47.4 Å². The lowest BCUT2D eigenvalue weighted by atomic mass is 10.1. The van der Waals surface area contributed by atoms with E-state index >= 15 is 0 Å². The van der Waals surface area contributed by atoms with Gasteiger partial charge in [0.15, 0.2) is 15.6 Å². The third-order valence-electron chi connectivity index (χ3n) is 4.78. The molecule has 0 bridgehead atoms. The van der Waals surface area contributed by atoms with Gasteiger partial charge in [-0.15, -0.1) is 0 Å². The number of carbonyl (C=O) groups excluding carboxylic acids is 1. The molecule has 3 rings (SSSR count). The van der Waals surface area contributed by atoms with Crippen LogP contribution in [0.4, 0.5) is 5.69 Å². The Morgan fingerprint density at radius 2 is 1.96 bits per heavy atom. The van der Waals surface area contributed by atoms with E-state index in [1.807, 2.05) is 18.2 Å². The van der Waals surface area contributed by atoms with Gasteiger partial charge in [0.25, 0.3) is 0 Å². The summed E-state index contributed by atoms with van der Waals surface area (Å²) in [5.74, 6) is -0.00342. The second kappa shape index (κ2) is 7.56. The molecule has 1 aliphatic heterocycles. The monoisotopic (exact) mass is 390 g/mol. The van der Waals surface area contributed by atoms with Crippen LogP contribution in [0.2, 0.25) is 0 Å². The number of hydrogen-bond donors (Lipinski definition) is 0. The molecule has 1 aliphatic rings. The molecule has 1 saturated heterocycles. The number of anilines is 1. The van der Waals surface area contributed by atoms with Crippen molar-refractivity contribution in [3.8, 4) is 5.75 Å². The molecule has 1 amide bonds. The standard InChI is InChI=1S/C19H22N2O5S/c1-14-19(26-2)17(22)8-10-20(14)12-18(23)21(15-6-4-3-5-7-15)16-9-11-27(24,25)13-16/h3-8,10,16H,9,11-13H2,1-2H3. The smallest absolute Gasteiger partial charge is 0.247 e. The number of pyridine rings is 1. The molecule has 1 fully saturated rings. The van der Waals surface area contributed by atoms with Crippen LogP contribution in [0.3, 0.4) is 0 Å². The van der Waals surface area contributed by atoms with E-state index in [0.29, 0.717) is 17.8 Å². The van der Waals surface area contributed by atoms with Crippen molar-refractivity contribution in [2.24, 2.45) is 0 Å². The molecule has 0 aliphatic carbocycles. The molecule has 0 spiro atoms. The van der Waals surface area contributed by atoms with Crippen molar-refractivity contribution >= 4 is 21.4 Å². The predicted octanol–water partition coefficient (Wildman–Crippen LogP) is 1.39. The average Bonchev–Trinajstić information content (AvgIpc) is 2.98. The molecule has 27 heavy (non-hydrogen) atoms. The van der Waals surface area contributed by atoms with Gasteiger partial charge < -0.3 is 14.2 Å². The zero-order chi connectivity index (χ0) is 19.6.